The van der Waals surface area contributed by atoms with Crippen LogP contribution in [0.2, 0.25) is 0 Å². The maximum absolute atomic E-state index is 14.4. The summed E-state index contributed by atoms with van der Waals surface area (Å²) in [5.41, 5.74) is 2.83. The molecule has 6 heteroatoms. The number of imide groups is 2. The summed E-state index contributed by atoms with van der Waals surface area (Å²) < 4.78 is 0. The number of rotatable bonds is 4. The summed E-state index contributed by atoms with van der Waals surface area (Å²) in [7, 11) is 0. The molecule has 0 aromatic heterocycles. The lowest BCUT2D eigenvalue weighted by molar-refractivity contribution is 0.0460. The lowest BCUT2D eigenvalue weighted by atomic mass is 9.78. The first-order valence-electron chi connectivity index (χ1n) is 18.2. The highest BCUT2D eigenvalue weighted by atomic mass is 16.2. The highest BCUT2D eigenvalue weighted by molar-refractivity contribution is 6.42. The molecule has 2 atom stereocenters. The zero-order valence-corrected chi connectivity index (χ0v) is 28.5. The predicted molar refractivity (Wildman–Crippen MR) is 197 cm³/mol. The van der Waals surface area contributed by atoms with Gasteiger partial charge in [-0.2, -0.15) is 0 Å². The molecule has 2 aliphatic heterocycles. The summed E-state index contributed by atoms with van der Waals surface area (Å²) >= 11 is 0. The van der Waals surface area contributed by atoms with Gasteiger partial charge in [0.2, 0.25) is 0 Å². The molecule has 248 valence electrons. The van der Waals surface area contributed by atoms with Gasteiger partial charge in [-0.15, -0.1) is 12.8 Å². The SMILES string of the molecule is C#Cc1cc2c3c(ccc4c5c(C#C)cc6c7c(ccc(c1c34)c75)C(=O)N([C@@H](C)C1CCCCC1)C6=O)C(=O)N([C@@H](C)C1CCCCC1)C2=O. The van der Waals surface area contributed by atoms with Crippen molar-refractivity contribution in [3.63, 3.8) is 0 Å². The summed E-state index contributed by atoms with van der Waals surface area (Å²) in [6.45, 7) is 3.99. The van der Waals surface area contributed by atoms with E-state index in [1.165, 1.54) is 22.6 Å². The molecular formula is C44H38N2O4. The zero-order valence-electron chi connectivity index (χ0n) is 28.5. The van der Waals surface area contributed by atoms with Gasteiger partial charge in [-0.1, -0.05) is 62.5 Å². The van der Waals surface area contributed by atoms with Gasteiger partial charge >= 0.3 is 0 Å². The molecular weight excluding hydrogens is 620 g/mol. The first-order chi connectivity index (χ1) is 24.3. The van der Waals surface area contributed by atoms with Crippen LogP contribution in [0.1, 0.15) is 131 Å². The third-order valence-electron chi connectivity index (χ3n) is 12.7. The van der Waals surface area contributed by atoms with E-state index in [0.29, 0.717) is 54.9 Å². The maximum Gasteiger partial charge on any atom is 0.261 e. The van der Waals surface area contributed by atoms with Crippen LogP contribution < -0.4 is 0 Å². The third-order valence-corrected chi connectivity index (χ3v) is 12.7. The van der Waals surface area contributed by atoms with Crippen molar-refractivity contribution in [2.24, 2.45) is 11.8 Å². The number of nitrogens with zero attached hydrogens (tertiary/aromatic N) is 2. The largest absolute Gasteiger partial charge is 0.271 e. The van der Waals surface area contributed by atoms with Crippen molar-refractivity contribution >= 4 is 66.7 Å². The van der Waals surface area contributed by atoms with Crippen LogP contribution in [-0.4, -0.2) is 45.5 Å². The molecule has 2 fully saturated rings. The Labute approximate surface area is 291 Å². The van der Waals surface area contributed by atoms with Crippen LogP contribution in [0.3, 0.4) is 0 Å². The Hall–Kier alpha value is -5.20. The highest BCUT2D eigenvalue weighted by Crippen LogP contribution is 2.49. The Morgan fingerprint density at radius 3 is 1.24 bits per heavy atom. The fourth-order valence-corrected chi connectivity index (χ4v) is 10.1. The zero-order chi connectivity index (χ0) is 34.6. The molecule has 0 N–H and O–H groups in total. The molecule has 0 unspecified atom stereocenters. The van der Waals surface area contributed by atoms with E-state index in [1.54, 1.807) is 24.3 Å². The molecule has 4 amide bonds. The smallest absolute Gasteiger partial charge is 0.261 e. The molecule has 0 saturated heterocycles. The standard InChI is InChI=1S/C44H38N2O4/c1-5-25-21-33-37-31(41(47)45(43(33)49)23(3)27-13-9-7-10-14-27)20-18-30-36-26(6-2)22-34-38-32(19-17-29(40(36)38)35(25)39(30)37)42(48)46(44(34)50)24(4)28-15-11-8-12-16-28/h1-2,17-24,27-28H,7-16H2,3-4H3/t23-,24-/m0/s1. The van der Waals surface area contributed by atoms with Crippen LogP contribution >= 0.6 is 0 Å². The molecule has 0 radical (unpaired) electrons. The molecule has 5 aromatic carbocycles. The minimum absolute atomic E-state index is 0.236. The molecule has 2 aliphatic carbocycles. The second-order valence-corrected chi connectivity index (χ2v) is 15.0. The predicted octanol–water partition coefficient (Wildman–Crippen LogP) is 8.83. The van der Waals surface area contributed by atoms with Crippen molar-refractivity contribution in [1.82, 2.24) is 9.80 Å². The summed E-state index contributed by atoms with van der Waals surface area (Å²) in [5, 5.41) is 5.52. The quantitative estimate of drug-likeness (QED) is 0.0837. The van der Waals surface area contributed by atoms with E-state index in [-0.39, 0.29) is 47.5 Å². The summed E-state index contributed by atoms with van der Waals surface area (Å²) in [5.74, 6) is 5.01. The first kappa shape index (κ1) is 30.8. The van der Waals surface area contributed by atoms with Crippen LogP contribution in [0.25, 0.3) is 43.1 Å². The van der Waals surface area contributed by atoms with Crippen LogP contribution in [0.4, 0.5) is 0 Å². The normalized spacial score (nSPS) is 19.9. The Morgan fingerprint density at radius 1 is 0.520 bits per heavy atom. The van der Waals surface area contributed by atoms with Gasteiger partial charge < -0.3 is 0 Å². The Bertz CT molecular complexity index is 2280. The van der Waals surface area contributed by atoms with Gasteiger partial charge in [-0.05, 0) is 86.4 Å². The lowest BCUT2D eigenvalue weighted by Crippen LogP contribution is -2.49. The van der Waals surface area contributed by atoms with Crippen LogP contribution in [-0.2, 0) is 0 Å². The minimum Gasteiger partial charge on any atom is -0.271 e. The Morgan fingerprint density at radius 2 is 0.880 bits per heavy atom. The minimum atomic E-state index is -0.322. The Balaban J connectivity index is 1.31. The number of hydrogen-bond acceptors (Lipinski definition) is 4. The van der Waals surface area contributed by atoms with E-state index >= 15 is 0 Å². The molecule has 2 heterocycles. The lowest BCUT2D eigenvalue weighted by Gasteiger charge is -2.38. The van der Waals surface area contributed by atoms with E-state index in [0.717, 1.165) is 72.9 Å². The van der Waals surface area contributed by atoms with Gasteiger partial charge in [0.05, 0.1) is 0 Å². The van der Waals surface area contributed by atoms with Gasteiger partial charge in [0.1, 0.15) is 0 Å². The molecule has 4 aliphatic rings. The van der Waals surface area contributed by atoms with Gasteiger partial charge in [-0.25, -0.2) is 0 Å². The van der Waals surface area contributed by atoms with Crippen molar-refractivity contribution in [1.29, 1.82) is 0 Å². The number of terminal acetylenes is 2. The topological polar surface area (TPSA) is 74.8 Å². The summed E-state index contributed by atoms with van der Waals surface area (Å²) in [6, 6.07) is 10.5. The fraction of sp³-hybridized carbons (Fsp3) is 0.364. The first-order valence-corrected chi connectivity index (χ1v) is 18.2. The van der Waals surface area contributed by atoms with Crippen LogP contribution in [0.5, 0.6) is 0 Å². The number of fused-ring (bicyclic) bond motifs is 2. The molecule has 9 rings (SSSR count). The van der Waals surface area contributed by atoms with E-state index < -0.39 is 0 Å². The van der Waals surface area contributed by atoms with Crippen LogP contribution in [0.15, 0.2) is 36.4 Å². The second kappa shape index (κ2) is 11.2. The van der Waals surface area contributed by atoms with E-state index in [9.17, 15) is 19.2 Å². The van der Waals surface area contributed by atoms with Gasteiger partial charge in [-0.3, -0.25) is 29.0 Å². The van der Waals surface area contributed by atoms with Gasteiger partial charge in [0, 0.05) is 77.8 Å². The number of hydrogen-bond donors (Lipinski definition) is 0. The van der Waals surface area contributed by atoms with E-state index in [4.69, 9.17) is 12.8 Å². The fourth-order valence-electron chi connectivity index (χ4n) is 10.1. The Kier molecular flexibility index (Phi) is 6.88. The molecule has 0 spiro atoms. The number of carbonyl (C=O) groups is 4. The van der Waals surface area contributed by atoms with Gasteiger partial charge in [0.15, 0.2) is 0 Å². The van der Waals surface area contributed by atoms with Crippen molar-refractivity contribution < 1.29 is 19.2 Å². The average Bonchev–Trinajstić information content (AvgIpc) is 3.15. The van der Waals surface area contributed by atoms with Crippen LogP contribution in [0, 0.1) is 36.5 Å². The number of carbonyl (C=O) groups excluding carboxylic acids is 4. The number of benzene rings is 5. The maximum atomic E-state index is 14.4. The summed E-state index contributed by atoms with van der Waals surface area (Å²) in [6.07, 6.45) is 23.2. The van der Waals surface area contributed by atoms with E-state index in [1.807, 2.05) is 26.0 Å². The molecule has 2 saturated carbocycles. The summed E-state index contributed by atoms with van der Waals surface area (Å²) in [4.78, 5) is 60.3. The monoisotopic (exact) mass is 658 g/mol. The average molecular weight is 659 g/mol. The molecule has 50 heavy (non-hydrogen) atoms. The van der Waals surface area contributed by atoms with Gasteiger partial charge in [0.25, 0.3) is 23.6 Å². The third kappa shape index (κ3) is 4.00. The molecule has 0 bridgehead atoms. The van der Waals surface area contributed by atoms with Crippen molar-refractivity contribution in [3.05, 3.63) is 69.8 Å². The van der Waals surface area contributed by atoms with Crippen molar-refractivity contribution in [2.45, 2.75) is 90.1 Å². The van der Waals surface area contributed by atoms with E-state index in [2.05, 4.69) is 11.8 Å². The van der Waals surface area contributed by atoms with Crippen molar-refractivity contribution in [2.75, 3.05) is 0 Å². The molecule has 6 nitrogen and oxygen atoms in total. The second-order valence-electron chi connectivity index (χ2n) is 15.0. The van der Waals surface area contributed by atoms with Crippen molar-refractivity contribution in [3.8, 4) is 24.7 Å². The highest BCUT2D eigenvalue weighted by Gasteiger charge is 2.42. The molecule has 5 aromatic rings. The number of amides is 4.